The Labute approximate surface area is 148 Å². The third-order valence-corrected chi connectivity index (χ3v) is 4.63. The molecule has 2 aromatic rings. The Morgan fingerprint density at radius 1 is 1.04 bits per heavy atom. The van der Waals surface area contributed by atoms with Crippen LogP contribution in [0.2, 0.25) is 0 Å². The van der Waals surface area contributed by atoms with E-state index in [1.165, 1.54) is 16.0 Å². The van der Waals surface area contributed by atoms with Crippen molar-refractivity contribution in [1.29, 1.82) is 0 Å². The molecular weight excluding hydrogens is 377 g/mol. The van der Waals surface area contributed by atoms with E-state index in [0.29, 0.717) is 5.75 Å². The van der Waals surface area contributed by atoms with Crippen LogP contribution >= 0.6 is 11.8 Å². The third kappa shape index (κ3) is 7.80. The predicted molar refractivity (Wildman–Crippen MR) is 91.3 cm³/mol. The first-order valence-corrected chi connectivity index (χ1v) is 9.43. The van der Waals surface area contributed by atoms with Crippen LogP contribution in [-0.4, -0.2) is 29.3 Å². The van der Waals surface area contributed by atoms with E-state index in [1.54, 1.807) is 12.1 Å². The quantitative estimate of drug-likeness (QED) is 0.456. The minimum absolute atomic E-state index is 0.327. The van der Waals surface area contributed by atoms with Gasteiger partial charge >= 0.3 is 15.6 Å². The summed E-state index contributed by atoms with van der Waals surface area (Å²) in [5.41, 5.74) is -2.76. The summed E-state index contributed by atoms with van der Waals surface area (Å²) in [6.07, 6.45) is 1.08. The molecule has 2 rings (SSSR count). The lowest BCUT2D eigenvalue weighted by atomic mass is 10.1. The van der Waals surface area contributed by atoms with E-state index in [0.717, 1.165) is 12.2 Å². The fourth-order valence-electron chi connectivity index (χ4n) is 1.71. The van der Waals surface area contributed by atoms with Crippen LogP contribution in [0.15, 0.2) is 53.4 Å². The van der Waals surface area contributed by atoms with Crippen molar-refractivity contribution in [3.8, 4) is 5.75 Å². The smallest absolute Gasteiger partial charge is 0.508 e. The first-order valence-electron chi connectivity index (χ1n) is 7.01. The number of thioether (sulfide) groups is 1. The van der Waals surface area contributed by atoms with Crippen molar-refractivity contribution in [1.82, 2.24) is 0 Å². The molecule has 0 fully saturated rings. The summed E-state index contributed by atoms with van der Waals surface area (Å²) in [5.74, 6) is 1.39. The van der Waals surface area contributed by atoms with Crippen molar-refractivity contribution in [2.75, 3.05) is 5.75 Å². The lowest BCUT2D eigenvalue weighted by Gasteiger charge is -2.05. The average molecular weight is 394 g/mol. The van der Waals surface area contributed by atoms with Crippen molar-refractivity contribution in [2.45, 2.75) is 23.7 Å². The topological polar surface area (TPSA) is 74.6 Å². The molecule has 0 unspecified atom stereocenters. The van der Waals surface area contributed by atoms with Gasteiger partial charge in [-0.05, 0) is 48.7 Å². The Hall–Kier alpha value is -1.71. The molecule has 2 aromatic carbocycles. The number of hydrogen-bond donors (Lipinski definition) is 2. The lowest BCUT2D eigenvalue weighted by molar-refractivity contribution is -0.0510. The second-order valence-electron chi connectivity index (χ2n) is 4.94. The van der Waals surface area contributed by atoms with Crippen LogP contribution in [-0.2, 0) is 16.5 Å². The number of halogens is 3. The Bertz CT molecular complexity index is 773. The summed E-state index contributed by atoms with van der Waals surface area (Å²) in [4.78, 5) is 1.20. The Balaban J connectivity index is 0.000000333. The number of alkyl halides is 3. The molecule has 0 saturated carbocycles. The van der Waals surface area contributed by atoms with Gasteiger partial charge in [-0.2, -0.15) is 21.6 Å². The summed E-state index contributed by atoms with van der Waals surface area (Å²) in [6, 6.07) is 15.9. The standard InChI is InChI=1S/C15H16OS.CHF3O3S/c1-12-4-2-3-5-13(12)10-11-17-15-8-6-14(16)7-9-15;2-1(3,4)8(5,6)7/h2-9,16H,10-11H2,1H3;(H,5,6,7). The third-order valence-electron chi connectivity index (χ3n) is 3.03. The minimum Gasteiger partial charge on any atom is -0.508 e. The van der Waals surface area contributed by atoms with Gasteiger partial charge in [0.05, 0.1) is 0 Å². The number of hydrogen-bond acceptors (Lipinski definition) is 4. The van der Waals surface area contributed by atoms with Gasteiger partial charge in [0, 0.05) is 10.6 Å². The van der Waals surface area contributed by atoms with Crippen LogP contribution in [0.4, 0.5) is 13.2 Å². The molecule has 0 aliphatic rings. The maximum Gasteiger partial charge on any atom is 0.522 e. The van der Waals surface area contributed by atoms with E-state index >= 15 is 0 Å². The van der Waals surface area contributed by atoms with E-state index < -0.39 is 15.6 Å². The number of benzene rings is 2. The molecule has 0 amide bonds. The zero-order chi connectivity index (χ0) is 19.1. The Morgan fingerprint density at radius 3 is 2.04 bits per heavy atom. The van der Waals surface area contributed by atoms with E-state index in [-0.39, 0.29) is 0 Å². The number of phenolic OH excluding ortho intramolecular Hbond substituents is 1. The highest BCUT2D eigenvalue weighted by Crippen LogP contribution is 2.22. The van der Waals surface area contributed by atoms with Gasteiger partial charge in [-0.3, -0.25) is 4.55 Å². The number of rotatable bonds is 4. The summed E-state index contributed by atoms with van der Waals surface area (Å²) in [6.45, 7) is 2.15. The Kier molecular flexibility index (Phi) is 7.78. The van der Waals surface area contributed by atoms with Crippen molar-refractivity contribution in [3.63, 3.8) is 0 Å². The molecule has 138 valence electrons. The first-order chi connectivity index (χ1) is 11.5. The normalized spacial score (nSPS) is 11.6. The van der Waals surface area contributed by atoms with Gasteiger partial charge in [0.1, 0.15) is 5.75 Å². The van der Waals surface area contributed by atoms with Crippen molar-refractivity contribution < 1.29 is 31.2 Å². The fraction of sp³-hybridized carbons (Fsp3) is 0.250. The van der Waals surface area contributed by atoms with Crippen LogP contribution in [0.5, 0.6) is 5.75 Å². The number of aromatic hydroxyl groups is 1. The monoisotopic (exact) mass is 394 g/mol. The highest BCUT2D eigenvalue weighted by Gasteiger charge is 2.44. The van der Waals surface area contributed by atoms with Gasteiger partial charge in [0.2, 0.25) is 0 Å². The molecule has 2 N–H and O–H groups in total. The molecule has 0 radical (unpaired) electrons. The second kappa shape index (κ2) is 9.12. The van der Waals surface area contributed by atoms with Crippen LogP contribution in [0.3, 0.4) is 0 Å². The van der Waals surface area contributed by atoms with E-state index in [9.17, 15) is 18.3 Å². The zero-order valence-corrected chi connectivity index (χ0v) is 14.8. The van der Waals surface area contributed by atoms with E-state index in [1.807, 2.05) is 23.9 Å². The molecule has 4 nitrogen and oxygen atoms in total. The second-order valence-corrected chi connectivity index (χ2v) is 7.52. The molecule has 0 bridgehead atoms. The highest BCUT2D eigenvalue weighted by molar-refractivity contribution is 7.99. The van der Waals surface area contributed by atoms with Crippen molar-refractivity contribution in [3.05, 3.63) is 59.7 Å². The van der Waals surface area contributed by atoms with Gasteiger partial charge in [-0.15, -0.1) is 11.8 Å². The molecule has 25 heavy (non-hydrogen) atoms. The van der Waals surface area contributed by atoms with E-state index in [2.05, 4.69) is 31.2 Å². The molecule has 9 heteroatoms. The van der Waals surface area contributed by atoms with Crippen LogP contribution < -0.4 is 0 Å². The van der Waals surface area contributed by atoms with Gasteiger partial charge in [-0.25, -0.2) is 0 Å². The van der Waals surface area contributed by atoms with Gasteiger partial charge in [0.15, 0.2) is 0 Å². The van der Waals surface area contributed by atoms with Gasteiger partial charge in [-0.1, -0.05) is 24.3 Å². The summed E-state index contributed by atoms with van der Waals surface area (Å²) in [7, 11) is -5.84. The molecule has 0 heterocycles. The SMILES string of the molecule is Cc1ccccc1CCSc1ccc(O)cc1.O=S(=O)(O)C(F)(F)F. The summed E-state index contributed by atoms with van der Waals surface area (Å²) < 4.78 is 57.5. The molecule has 0 spiro atoms. The highest BCUT2D eigenvalue weighted by atomic mass is 32.2. The molecule has 0 aliphatic carbocycles. The van der Waals surface area contributed by atoms with Gasteiger partial charge in [0.25, 0.3) is 0 Å². The molecule has 0 aromatic heterocycles. The van der Waals surface area contributed by atoms with Crippen molar-refractivity contribution >= 4 is 21.9 Å². The van der Waals surface area contributed by atoms with Crippen LogP contribution in [0, 0.1) is 6.92 Å². The molecule has 0 saturated heterocycles. The predicted octanol–water partition coefficient (Wildman–Crippen LogP) is 4.43. The summed E-state index contributed by atoms with van der Waals surface area (Å²) >= 11 is 1.82. The largest absolute Gasteiger partial charge is 0.522 e. The Morgan fingerprint density at radius 2 is 1.56 bits per heavy atom. The first kappa shape index (κ1) is 21.3. The maximum atomic E-state index is 10.7. The molecular formula is C16H17F3O4S2. The minimum atomic E-state index is -5.84. The zero-order valence-electron chi connectivity index (χ0n) is 13.2. The van der Waals surface area contributed by atoms with Crippen LogP contribution in [0.25, 0.3) is 0 Å². The van der Waals surface area contributed by atoms with Gasteiger partial charge < -0.3 is 5.11 Å². The fourth-order valence-corrected chi connectivity index (χ4v) is 2.60. The number of aryl methyl sites for hydroxylation is 2. The van der Waals surface area contributed by atoms with E-state index in [4.69, 9.17) is 13.0 Å². The lowest BCUT2D eigenvalue weighted by Crippen LogP contribution is -2.21. The molecule has 0 atom stereocenters. The molecule has 0 aliphatic heterocycles. The van der Waals surface area contributed by atoms with Crippen molar-refractivity contribution in [2.24, 2.45) is 0 Å². The van der Waals surface area contributed by atoms with Crippen LogP contribution in [0.1, 0.15) is 11.1 Å². The maximum absolute atomic E-state index is 10.7. The summed E-state index contributed by atoms with van der Waals surface area (Å²) in [5, 5.41) is 9.19. The average Bonchev–Trinajstić information content (AvgIpc) is 2.50. The number of phenols is 1.